The van der Waals surface area contributed by atoms with Crippen LogP contribution in [-0.4, -0.2) is 21.8 Å². The molecule has 0 saturated heterocycles. The lowest BCUT2D eigenvalue weighted by Crippen LogP contribution is -1.96. The highest BCUT2D eigenvalue weighted by molar-refractivity contribution is 8.79. The van der Waals surface area contributed by atoms with Crippen LogP contribution < -0.4 is 4.74 Å². The maximum atomic E-state index is 11.4. The number of methoxy groups -OCH3 is 1. The summed E-state index contributed by atoms with van der Waals surface area (Å²) < 4.78 is 28.4. The quantitative estimate of drug-likeness (QED) is 0.753. The minimum absolute atomic E-state index is 0.391. The van der Waals surface area contributed by atoms with Crippen LogP contribution in [0, 0.1) is 0 Å². The van der Waals surface area contributed by atoms with Crippen molar-refractivity contribution < 1.29 is 13.2 Å². The van der Waals surface area contributed by atoms with Crippen LogP contribution in [0.3, 0.4) is 0 Å². The average molecular weight is 304 g/mol. The van der Waals surface area contributed by atoms with Gasteiger partial charge in [-0.05, 0) is 23.8 Å². The van der Waals surface area contributed by atoms with E-state index in [-0.39, 0.29) is 0 Å². The Morgan fingerprint density at radius 2 is 2.06 bits per heavy atom. The molecule has 0 amide bonds. The highest BCUT2D eigenvalue weighted by Crippen LogP contribution is 2.37. The fourth-order valence-electron chi connectivity index (χ4n) is 1.30. The molecule has 0 unspecified atom stereocenters. The molecule has 0 aliphatic rings. The molecule has 100 valence electrons. The van der Waals surface area contributed by atoms with E-state index in [0.29, 0.717) is 9.99 Å². The van der Waals surface area contributed by atoms with E-state index < -0.39 is 9.84 Å². The third kappa shape index (κ3) is 4.59. The van der Waals surface area contributed by atoms with Crippen LogP contribution in [0.25, 0.3) is 0 Å². The van der Waals surface area contributed by atoms with Crippen LogP contribution in [-0.2, 0) is 15.6 Å². The van der Waals surface area contributed by atoms with E-state index in [1.165, 1.54) is 27.8 Å². The number of benzene rings is 1. The summed E-state index contributed by atoms with van der Waals surface area (Å²) in [6.07, 6.45) is 2.84. The highest BCUT2D eigenvalue weighted by Gasteiger charge is 2.11. The summed E-state index contributed by atoms with van der Waals surface area (Å²) in [6, 6.07) is 7.72. The van der Waals surface area contributed by atoms with Gasteiger partial charge in [-0.3, -0.25) is 0 Å². The topological polar surface area (TPSA) is 43.4 Å². The second-order valence-corrected chi connectivity index (χ2v) is 8.12. The van der Waals surface area contributed by atoms with Gasteiger partial charge in [0, 0.05) is 17.6 Å². The predicted molar refractivity (Wildman–Crippen MR) is 80.5 cm³/mol. The molecule has 0 aromatic heterocycles. The molecule has 3 nitrogen and oxygen atoms in total. The largest absolute Gasteiger partial charge is 0.496 e. The number of para-hydroxylation sites is 1. The van der Waals surface area contributed by atoms with Gasteiger partial charge < -0.3 is 4.74 Å². The van der Waals surface area contributed by atoms with Crippen molar-refractivity contribution in [3.05, 3.63) is 40.1 Å². The fraction of sp³-hybridized carbons (Fsp3) is 0.333. The fourth-order valence-corrected chi connectivity index (χ4v) is 5.60. The molecule has 0 saturated carbocycles. The highest BCUT2D eigenvalue weighted by atomic mass is 33.1. The molecule has 1 aromatic rings. The number of hydrogen-bond donors (Lipinski definition) is 0. The van der Waals surface area contributed by atoms with Crippen molar-refractivity contribution in [1.82, 2.24) is 0 Å². The Hall–Kier alpha value is -0.590. The smallest absolute Gasteiger partial charge is 0.181 e. The van der Waals surface area contributed by atoms with Crippen molar-refractivity contribution in [3.8, 4) is 5.75 Å². The number of rotatable bonds is 6. The maximum absolute atomic E-state index is 11.4. The van der Waals surface area contributed by atoms with E-state index in [4.69, 9.17) is 4.74 Å². The van der Waals surface area contributed by atoms with E-state index >= 15 is 0 Å². The van der Waals surface area contributed by atoms with Crippen LogP contribution in [0.1, 0.15) is 12.5 Å². The predicted octanol–water partition coefficient (Wildman–Crippen LogP) is 3.48. The molecule has 0 fully saturated rings. The first kappa shape index (κ1) is 15.5. The van der Waals surface area contributed by atoms with E-state index in [2.05, 4.69) is 0 Å². The Morgan fingerprint density at radius 3 is 2.61 bits per heavy atom. The molecule has 18 heavy (non-hydrogen) atoms. The molecule has 6 heteroatoms. The Labute approximate surface area is 116 Å². The first-order chi connectivity index (χ1) is 8.49. The molecular weight excluding hydrogens is 288 g/mol. The zero-order chi connectivity index (χ0) is 13.6. The zero-order valence-corrected chi connectivity index (χ0v) is 13.0. The second kappa shape index (κ2) is 7.11. The van der Waals surface area contributed by atoms with E-state index in [9.17, 15) is 8.42 Å². The summed E-state index contributed by atoms with van der Waals surface area (Å²) in [7, 11) is 1.28. The molecule has 0 spiro atoms. The number of hydrogen-bond acceptors (Lipinski definition) is 5. The average Bonchev–Trinajstić information content (AvgIpc) is 2.33. The number of ether oxygens (including phenoxy) is 1. The molecule has 0 bridgehead atoms. The van der Waals surface area contributed by atoms with Gasteiger partial charge in [-0.25, -0.2) is 8.42 Å². The lowest BCUT2D eigenvalue weighted by atomic mass is 10.2. The van der Waals surface area contributed by atoms with Crippen molar-refractivity contribution in [2.24, 2.45) is 0 Å². The third-order valence-electron chi connectivity index (χ3n) is 2.15. The van der Waals surface area contributed by atoms with Gasteiger partial charge in [0.2, 0.25) is 0 Å². The monoisotopic (exact) mass is 304 g/mol. The summed E-state index contributed by atoms with van der Waals surface area (Å²) in [5.74, 6) is 1.52. The molecule has 0 aliphatic carbocycles. The SMILES string of the molecule is CC=C(SSCc1ccccc1OC)S(C)(=O)=O. The molecular formula is C12H16O3S3. The normalized spacial score (nSPS) is 12.5. The van der Waals surface area contributed by atoms with E-state index in [1.54, 1.807) is 20.1 Å². The molecule has 0 heterocycles. The minimum Gasteiger partial charge on any atom is -0.496 e. The minimum atomic E-state index is -3.11. The van der Waals surface area contributed by atoms with Gasteiger partial charge in [0.05, 0.1) is 7.11 Å². The number of allylic oxidation sites excluding steroid dienone is 1. The van der Waals surface area contributed by atoms with Crippen molar-refractivity contribution in [3.63, 3.8) is 0 Å². The molecule has 0 radical (unpaired) electrons. The van der Waals surface area contributed by atoms with Gasteiger partial charge in [-0.2, -0.15) is 0 Å². The summed E-state index contributed by atoms with van der Waals surface area (Å²) in [5, 5.41) is 0. The Balaban J connectivity index is 2.62. The van der Waals surface area contributed by atoms with Crippen LogP contribution in [0.5, 0.6) is 5.75 Å². The zero-order valence-electron chi connectivity index (χ0n) is 10.5. The first-order valence-corrected chi connectivity index (χ1v) is 9.47. The van der Waals surface area contributed by atoms with E-state index in [1.807, 2.05) is 24.3 Å². The van der Waals surface area contributed by atoms with Crippen LogP contribution in [0.2, 0.25) is 0 Å². The van der Waals surface area contributed by atoms with Gasteiger partial charge in [0.1, 0.15) is 9.99 Å². The summed E-state index contributed by atoms with van der Waals surface area (Å²) in [5.41, 5.74) is 1.06. The van der Waals surface area contributed by atoms with E-state index in [0.717, 1.165) is 11.3 Å². The van der Waals surface area contributed by atoms with Gasteiger partial charge in [-0.15, -0.1) is 0 Å². The van der Waals surface area contributed by atoms with Crippen molar-refractivity contribution >= 4 is 31.4 Å². The van der Waals surface area contributed by atoms with Crippen molar-refractivity contribution in [2.45, 2.75) is 12.7 Å². The molecule has 1 aromatic carbocycles. The second-order valence-electron chi connectivity index (χ2n) is 3.54. The maximum Gasteiger partial charge on any atom is 0.181 e. The summed E-state index contributed by atoms with van der Waals surface area (Å²) >= 11 is 0. The van der Waals surface area contributed by atoms with Crippen LogP contribution >= 0.6 is 21.6 Å². The van der Waals surface area contributed by atoms with Crippen LogP contribution in [0.4, 0.5) is 0 Å². The van der Waals surface area contributed by atoms with Gasteiger partial charge in [-0.1, -0.05) is 35.1 Å². The summed E-state index contributed by atoms with van der Waals surface area (Å²) in [4.78, 5) is 0. The van der Waals surface area contributed by atoms with Crippen molar-refractivity contribution in [2.75, 3.05) is 13.4 Å². The van der Waals surface area contributed by atoms with Gasteiger partial charge >= 0.3 is 0 Å². The number of sulfone groups is 1. The Morgan fingerprint density at radius 1 is 1.39 bits per heavy atom. The Bertz CT molecular complexity index is 521. The Kier molecular flexibility index (Phi) is 6.11. The molecule has 1 rings (SSSR count). The van der Waals surface area contributed by atoms with Gasteiger partial charge in [0.15, 0.2) is 9.84 Å². The summed E-state index contributed by atoms with van der Waals surface area (Å²) in [6.45, 7) is 1.73. The molecule has 0 aliphatic heterocycles. The standard InChI is InChI=1S/C12H16O3S3/c1-4-12(18(3,13)14)17-16-9-10-7-5-6-8-11(10)15-2/h4-8H,9H2,1-3H3. The van der Waals surface area contributed by atoms with Gasteiger partial charge in [0.25, 0.3) is 0 Å². The lowest BCUT2D eigenvalue weighted by molar-refractivity contribution is 0.411. The first-order valence-electron chi connectivity index (χ1n) is 5.26. The molecule has 0 N–H and O–H groups in total. The third-order valence-corrected chi connectivity index (χ3v) is 6.78. The molecule has 0 atom stereocenters. The van der Waals surface area contributed by atoms with Crippen molar-refractivity contribution in [1.29, 1.82) is 0 Å². The van der Waals surface area contributed by atoms with Crippen LogP contribution in [0.15, 0.2) is 34.6 Å². The lowest BCUT2D eigenvalue weighted by Gasteiger charge is -2.08.